The number of rotatable bonds is 9. The normalized spacial score (nSPS) is 13.4. The number of aromatic nitrogens is 3. The van der Waals surface area contributed by atoms with Gasteiger partial charge in [-0.1, -0.05) is 24.4 Å². The highest BCUT2D eigenvalue weighted by Crippen LogP contribution is 2.42. The molecule has 0 saturated heterocycles. The Balaban J connectivity index is 1.76. The molecule has 4 rings (SSSR count). The highest BCUT2D eigenvalue weighted by atomic mass is 32.1. The summed E-state index contributed by atoms with van der Waals surface area (Å²) in [5, 5.41) is 2.69. The molecule has 11 nitrogen and oxygen atoms in total. The molecule has 2 aromatic heterocycles. The molecule has 198 valence electrons. The number of thiocarbonyl (C=S) groups is 2. The number of methoxy groups -OCH3 is 3. The van der Waals surface area contributed by atoms with E-state index in [4.69, 9.17) is 43.4 Å². The maximum atomic E-state index is 15.0. The molecule has 14 heteroatoms. The van der Waals surface area contributed by atoms with Gasteiger partial charge in [0, 0.05) is 12.1 Å². The lowest BCUT2D eigenvalue weighted by Gasteiger charge is -2.31. The van der Waals surface area contributed by atoms with Gasteiger partial charge in [-0.15, -0.1) is 0 Å². The minimum Gasteiger partial charge on any atom is -0.493 e. The van der Waals surface area contributed by atoms with Crippen molar-refractivity contribution in [1.82, 2.24) is 15.0 Å². The Bertz CT molecular complexity index is 1400. The number of amides is 1. The maximum Gasteiger partial charge on any atom is 0.269 e. The van der Waals surface area contributed by atoms with Gasteiger partial charge in [0.25, 0.3) is 5.91 Å². The molecule has 1 aliphatic heterocycles. The second-order valence-electron chi connectivity index (χ2n) is 8.26. The van der Waals surface area contributed by atoms with Crippen molar-refractivity contribution in [3.05, 3.63) is 36.3 Å². The number of carbonyl (C=O) groups is 1. The van der Waals surface area contributed by atoms with Crippen LogP contribution in [0.5, 0.6) is 23.0 Å². The van der Waals surface area contributed by atoms with E-state index in [1.54, 1.807) is 38.1 Å². The van der Waals surface area contributed by atoms with Crippen LogP contribution in [-0.4, -0.2) is 58.8 Å². The Labute approximate surface area is 228 Å². The average molecular weight is 559 g/mol. The molecular weight excluding hydrogens is 535 g/mol. The van der Waals surface area contributed by atoms with Crippen LogP contribution in [0, 0.1) is 5.82 Å². The van der Waals surface area contributed by atoms with Crippen LogP contribution in [0.2, 0.25) is 0 Å². The Hall–Kier alpha value is -4.17. The highest BCUT2D eigenvalue weighted by Gasteiger charge is 2.36. The van der Waals surface area contributed by atoms with E-state index in [0.717, 1.165) is 6.20 Å². The van der Waals surface area contributed by atoms with Crippen molar-refractivity contribution in [3.63, 3.8) is 0 Å². The van der Waals surface area contributed by atoms with Crippen LogP contribution in [0.15, 0.2) is 30.5 Å². The average Bonchev–Trinajstić information content (AvgIpc) is 2.91. The summed E-state index contributed by atoms with van der Waals surface area (Å²) in [6.45, 7) is 3.27. The first-order valence-corrected chi connectivity index (χ1v) is 11.9. The summed E-state index contributed by atoms with van der Waals surface area (Å²) in [6, 6.07) is 6.45. The summed E-state index contributed by atoms with van der Waals surface area (Å²) in [5.74, 6) is 0.530. The van der Waals surface area contributed by atoms with Crippen LogP contribution in [0.25, 0.3) is 0 Å². The quantitative estimate of drug-likeness (QED) is 0.377. The van der Waals surface area contributed by atoms with Gasteiger partial charge < -0.3 is 24.3 Å². The number of nitrogens with one attached hydrogen (secondary N) is 1. The van der Waals surface area contributed by atoms with Crippen LogP contribution in [-0.2, 0) is 4.79 Å². The molecular formula is C24H23FN6O5S2. The Morgan fingerprint density at radius 3 is 2.26 bits per heavy atom. The number of benzene rings is 1. The number of ether oxygens (including phenoxy) is 4. The van der Waals surface area contributed by atoms with E-state index in [0.29, 0.717) is 28.7 Å². The lowest BCUT2D eigenvalue weighted by Crippen LogP contribution is -2.46. The zero-order valence-corrected chi connectivity index (χ0v) is 22.6. The molecule has 3 aromatic rings. The largest absolute Gasteiger partial charge is 0.493 e. The van der Waals surface area contributed by atoms with E-state index in [1.165, 1.54) is 42.1 Å². The zero-order valence-electron chi connectivity index (χ0n) is 21.0. The second-order valence-corrected chi connectivity index (χ2v) is 8.68. The molecule has 3 heterocycles. The monoisotopic (exact) mass is 558 g/mol. The predicted molar refractivity (Wildman–Crippen MR) is 147 cm³/mol. The number of anilines is 5. The van der Waals surface area contributed by atoms with Crippen LogP contribution >= 0.6 is 24.4 Å². The molecule has 0 bridgehead atoms. The molecule has 0 aliphatic carbocycles. The van der Waals surface area contributed by atoms with E-state index in [1.807, 2.05) is 0 Å². The van der Waals surface area contributed by atoms with Gasteiger partial charge in [-0.05, 0) is 26.0 Å². The summed E-state index contributed by atoms with van der Waals surface area (Å²) in [7, 11) is 4.44. The highest BCUT2D eigenvalue weighted by molar-refractivity contribution is 7.79. The third kappa shape index (κ3) is 4.87. The van der Waals surface area contributed by atoms with Crippen molar-refractivity contribution >= 4 is 70.4 Å². The molecule has 1 N–H and O–H groups in total. The van der Waals surface area contributed by atoms with Crippen LogP contribution < -0.4 is 34.1 Å². The molecule has 0 radical (unpaired) electrons. The van der Waals surface area contributed by atoms with Crippen molar-refractivity contribution in [2.24, 2.45) is 0 Å². The van der Waals surface area contributed by atoms with Gasteiger partial charge in [0.1, 0.15) is 5.82 Å². The number of hydrogen-bond acceptors (Lipinski definition) is 10. The van der Waals surface area contributed by atoms with Crippen molar-refractivity contribution in [2.45, 2.75) is 19.4 Å². The molecule has 0 atom stereocenters. The summed E-state index contributed by atoms with van der Waals surface area (Å²) < 4.78 is 37.0. The minimum absolute atomic E-state index is 0.0314. The van der Waals surface area contributed by atoms with Gasteiger partial charge in [0.05, 0.1) is 44.2 Å². The number of hydrogen-bond donors (Lipinski definition) is 1. The number of carbonyl (C=O) groups excluding carboxylic acids is 1. The summed E-state index contributed by atoms with van der Waals surface area (Å²) in [6.07, 6.45) is 0.985. The van der Waals surface area contributed by atoms with Gasteiger partial charge in [-0.2, -0.15) is 4.98 Å². The Kier molecular flexibility index (Phi) is 7.55. The predicted octanol–water partition coefficient (Wildman–Crippen LogP) is 4.34. The fraction of sp³-hybridized carbons (Fsp3) is 0.250. The van der Waals surface area contributed by atoms with Crippen molar-refractivity contribution < 1.29 is 28.1 Å². The number of fused-ring (bicyclic) bond motifs is 1. The van der Waals surface area contributed by atoms with Gasteiger partial charge in [0.15, 0.2) is 40.3 Å². The number of halogens is 1. The first-order valence-electron chi connectivity index (χ1n) is 11.0. The fourth-order valence-electron chi connectivity index (χ4n) is 3.60. The molecule has 1 aliphatic rings. The summed E-state index contributed by atoms with van der Waals surface area (Å²) in [4.78, 5) is 27.9. The summed E-state index contributed by atoms with van der Waals surface area (Å²) >= 11 is 10.4. The van der Waals surface area contributed by atoms with Crippen LogP contribution in [0.4, 0.5) is 33.5 Å². The van der Waals surface area contributed by atoms with Gasteiger partial charge in [0.2, 0.25) is 11.7 Å². The van der Waals surface area contributed by atoms with Crippen LogP contribution in [0.1, 0.15) is 13.8 Å². The summed E-state index contributed by atoms with van der Waals surface area (Å²) in [5.41, 5.74) is 1.85. The van der Waals surface area contributed by atoms with Crippen molar-refractivity contribution in [1.29, 1.82) is 0 Å². The molecule has 0 saturated carbocycles. The smallest absolute Gasteiger partial charge is 0.269 e. The fourth-order valence-corrected chi connectivity index (χ4v) is 4.02. The number of nitrogens with zero attached hydrogens (tertiary/aromatic N) is 5. The van der Waals surface area contributed by atoms with E-state index in [9.17, 15) is 4.79 Å². The third-order valence-electron chi connectivity index (χ3n) is 5.53. The second kappa shape index (κ2) is 10.7. The lowest BCUT2D eigenvalue weighted by atomic mass is 10.1. The van der Waals surface area contributed by atoms with Crippen LogP contribution in [0.3, 0.4) is 0 Å². The van der Waals surface area contributed by atoms with Crippen molar-refractivity contribution in [2.75, 3.05) is 36.4 Å². The molecule has 0 spiro atoms. The number of pyridine rings is 1. The van der Waals surface area contributed by atoms with E-state index >= 15 is 4.39 Å². The zero-order chi connectivity index (χ0) is 27.6. The van der Waals surface area contributed by atoms with Crippen molar-refractivity contribution in [3.8, 4) is 23.0 Å². The molecule has 38 heavy (non-hydrogen) atoms. The molecule has 0 fully saturated rings. The molecule has 0 unspecified atom stereocenters. The van der Waals surface area contributed by atoms with Gasteiger partial charge >= 0.3 is 0 Å². The third-order valence-corrected chi connectivity index (χ3v) is 5.95. The SMILES string of the molecule is COc1cc(N(C=S)c2ncc(F)c(N(C=S)c3ccc4c(n3)NC(=O)C(C)(C)O4)n2)cc(OC)c1OC. The standard InChI is InChI=1S/C24H23FN6O5S2/c1-24(2)22(32)28-20-15(36-24)6-7-18(27-20)31(12-38)21-14(25)10-26-23(29-21)30(11-37)13-8-16(33-3)19(35-5)17(9-13)34-4/h6-12H,1-5H3,(H,27,28,32). The first kappa shape index (κ1) is 26.9. The Morgan fingerprint density at radius 2 is 1.68 bits per heavy atom. The lowest BCUT2D eigenvalue weighted by molar-refractivity contribution is -0.129. The van der Waals surface area contributed by atoms with Gasteiger partial charge in [-0.25, -0.2) is 14.4 Å². The van der Waals surface area contributed by atoms with Gasteiger partial charge in [-0.3, -0.25) is 14.6 Å². The maximum absolute atomic E-state index is 15.0. The van der Waals surface area contributed by atoms with E-state index < -0.39 is 11.4 Å². The van der Waals surface area contributed by atoms with E-state index in [2.05, 4.69) is 20.3 Å². The molecule has 1 aromatic carbocycles. The topological polar surface area (TPSA) is 111 Å². The van der Waals surface area contributed by atoms with E-state index in [-0.39, 0.29) is 29.3 Å². The minimum atomic E-state index is -1.06. The Morgan fingerprint density at radius 1 is 1.03 bits per heavy atom. The molecule has 1 amide bonds. The first-order chi connectivity index (χ1) is 18.2.